The lowest BCUT2D eigenvalue weighted by Crippen LogP contribution is -2.38. The van der Waals surface area contributed by atoms with E-state index in [-0.39, 0.29) is 17.8 Å². The molecule has 1 atom stereocenters. The second kappa shape index (κ2) is 8.98. The van der Waals surface area contributed by atoms with E-state index in [1.807, 2.05) is 18.9 Å². The molecule has 0 aliphatic heterocycles. The monoisotopic (exact) mass is 244 g/mol. The number of hydrogen-bond acceptors (Lipinski definition) is 4. The fourth-order valence-electron chi connectivity index (χ4n) is 1.46. The van der Waals surface area contributed by atoms with Crippen LogP contribution in [0, 0.1) is 5.92 Å². The van der Waals surface area contributed by atoms with E-state index in [2.05, 4.69) is 5.32 Å². The van der Waals surface area contributed by atoms with Crippen LogP contribution >= 0.6 is 0 Å². The van der Waals surface area contributed by atoms with E-state index in [1.54, 1.807) is 13.8 Å². The van der Waals surface area contributed by atoms with E-state index in [9.17, 15) is 9.59 Å². The minimum atomic E-state index is -0.215. The summed E-state index contributed by atoms with van der Waals surface area (Å²) in [7, 11) is 1.82. The molecule has 0 aromatic heterocycles. The second-order valence-corrected chi connectivity index (χ2v) is 4.20. The molecule has 0 heterocycles. The average molecular weight is 244 g/mol. The highest BCUT2D eigenvalue weighted by Gasteiger charge is 2.17. The summed E-state index contributed by atoms with van der Waals surface area (Å²) in [5.41, 5.74) is 0. The van der Waals surface area contributed by atoms with Crippen molar-refractivity contribution in [2.75, 3.05) is 33.3 Å². The summed E-state index contributed by atoms with van der Waals surface area (Å²) in [5, 5.41) is 2.79. The van der Waals surface area contributed by atoms with Gasteiger partial charge in [-0.15, -0.1) is 0 Å². The first kappa shape index (κ1) is 15.9. The largest absolute Gasteiger partial charge is 0.466 e. The number of amides is 1. The van der Waals surface area contributed by atoms with Crippen LogP contribution in [-0.4, -0.2) is 50.1 Å². The smallest absolute Gasteiger partial charge is 0.309 e. The number of likely N-dealkylation sites (N-methyl/N-ethyl adjacent to an activating group) is 1. The summed E-state index contributed by atoms with van der Waals surface area (Å²) in [6.45, 7) is 7.52. The number of nitrogens with zero attached hydrogens (tertiary/aromatic N) is 1. The van der Waals surface area contributed by atoms with Gasteiger partial charge in [-0.3, -0.25) is 14.5 Å². The van der Waals surface area contributed by atoms with Gasteiger partial charge in [0.15, 0.2) is 0 Å². The Morgan fingerprint density at radius 3 is 2.53 bits per heavy atom. The van der Waals surface area contributed by atoms with Gasteiger partial charge in [0, 0.05) is 13.1 Å². The Morgan fingerprint density at radius 1 is 1.35 bits per heavy atom. The van der Waals surface area contributed by atoms with E-state index in [0.29, 0.717) is 26.2 Å². The molecule has 0 radical (unpaired) electrons. The maximum atomic E-state index is 11.4. The van der Waals surface area contributed by atoms with Crippen LogP contribution in [0.25, 0.3) is 0 Å². The van der Waals surface area contributed by atoms with E-state index < -0.39 is 0 Å². The average Bonchev–Trinajstić information content (AvgIpc) is 2.26. The first-order valence-electron chi connectivity index (χ1n) is 6.13. The Balaban J connectivity index is 3.87. The number of rotatable bonds is 8. The van der Waals surface area contributed by atoms with Crippen molar-refractivity contribution in [1.29, 1.82) is 0 Å². The topological polar surface area (TPSA) is 58.6 Å². The van der Waals surface area contributed by atoms with Gasteiger partial charge in [0.25, 0.3) is 0 Å². The van der Waals surface area contributed by atoms with E-state index >= 15 is 0 Å². The summed E-state index contributed by atoms with van der Waals surface area (Å²) in [6.07, 6.45) is 0.925. The molecule has 5 nitrogen and oxygen atoms in total. The number of carbonyl (C=O) groups excluding carboxylic acids is 2. The van der Waals surface area contributed by atoms with Gasteiger partial charge in [-0.1, -0.05) is 13.8 Å². The zero-order valence-corrected chi connectivity index (χ0v) is 11.3. The standard InChI is InChI=1S/C12H24N2O3/c1-5-7-13-11(15)9-14(4)8-10(3)12(16)17-6-2/h10H,5-9H2,1-4H3,(H,13,15). The molecular weight excluding hydrogens is 220 g/mol. The molecule has 1 amide bonds. The van der Waals surface area contributed by atoms with Crippen molar-refractivity contribution in [3.63, 3.8) is 0 Å². The molecule has 0 aliphatic carbocycles. The third-order valence-electron chi connectivity index (χ3n) is 2.26. The zero-order valence-electron chi connectivity index (χ0n) is 11.3. The van der Waals surface area contributed by atoms with Gasteiger partial charge in [0.05, 0.1) is 19.1 Å². The fourth-order valence-corrected chi connectivity index (χ4v) is 1.46. The lowest BCUT2D eigenvalue weighted by atomic mass is 10.2. The van der Waals surface area contributed by atoms with Crippen molar-refractivity contribution in [3.05, 3.63) is 0 Å². The molecule has 1 N–H and O–H groups in total. The van der Waals surface area contributed by atoms with Crippen LogP contribution < -0.4 is 5.32 Å². The van der Waals surface area contributed by atoms with Crippen LogP contribution in [0.1, 0.15) is 27.2 Å². The van der Waals surface area contributed by atoms with Crippen LogP contribution in [0.4, 0.5) is 0 Å². The van der Waals surface area contributed by atoms with Crippen LogP contribution in [0.3, 0.4) is 0 Å². The summed E-state index contributed by atoms with van der Waals surface area (Å²) in [5.74, 6) is -0.433. The fraction of sp³-hybridized carbons (Fsp3) is 0.833. The maximum absolute atomic E-state index is 11.4. The highest BCUT2D eigenvalue weighted by atomic mass is 16.5. The molecule has 0 saturated carbocycles. The van der Waals surface area contributed by atoms with Crippen LogP contribution in [0.5, 0.6) is 0 Å². The maximum Gasteiger partial charge on any atom is 0.309 e. The van der Waals surface area contributed by atoms with Crippen molar-refractivity contribution in [2.45, 2.75) is 27.2 Å². The van der Waals surface area contributed by atoms with Crippen molar-refractivity contribution < 1.29 is 14.3 Å². The van der Waals surface area contributed by atoms with Crippen molar-refractivity contribution in [3.8, 4) is 0 Å². The number of nitrogens with one attached hydrogen (secondary N) is 1. The van der Waals surface area contributed by atoms with E-state index in [0.717, 1.165) is 6.42 Å². The molecule has 0 aliphatic rings. The molecule has 100 valence electrons. The Morgan fingerprint density at radius 2 is 2.00 bits per heavy atom. The lowest BCUT2D eigenvalue weighted by Gasteiger charge is -2.19. The van der Waals surface area contributed by atoms with Gasteiger partial charge in [-0.25, -0.2) is 0 Å². The Bertz CT molecular complexity index is 244. The minimum absolute atomic E-state index is 0.00888. The minimum Gasteiger partial charge on any atom is -0.466 e. The van der Waals surface area contributed by atoms with Gasteiger partial charge >= 0.3 is 5.97 Å². The summed E-state index contributed by atoms with van der Waals surface area (Å²) < 4.78 is 4.91. The molecule has 0 saturated heterocycles. The van der Waals surface area contributed by atoms with Gasteiger partial charge < -0.3 is 10.1 Å². The molecular formula is C12H24N2O3. The molecule has 5 heteroatoms. The number of carbonyl (C=O) groups is 2. The summed E-state index contributed by atoms with van der Waals surface area (Å²) >= 11 is 0. The first-order valence-corrected chi connectivity index (χ1v) is 6.13. The predicted molar refractivity (Wildman–Crippen MR) is 66.6 cm³/mol. The summed E-state index contributed by atoms with van der Waals surface area (Å²) in [6, 6.07) is 0. The Labute approximate surface area is 103 Å². The van der Waals surface area contributed by atoms with E-state index in [4.69, 9.17) is 4.74 Å². The predicted octanol–water partition coefficient (Wildman–Crippen LogP) is 0.644. The summed E-state index contributed by atoms with van der Waals surface area (Å²) in [4.78, 5) is 24.6. The lowest BCUT2D eigenvalue weighted by molar-refractivity contribution is -0.148. The molecule has 0 aromatic rings. The van der Waals surface area contributed by atoms with E-state index in [1.165, 1.54) is 0 Å². The van der Waals surface area contributed by atoms with Crippen molar-refractivity contribution in [2.24, 2.45) is 5.92 Å². The van der Waals surface area contributed by atoms with Crippen LogP contribution in [-0.2, 0) is 14.3 Å². The van der Waals surface area contributed by atoms with Crippen molar-refractivity contribution >= 4 is 11.9 Å². The molecule has 0 aromatic carbocycles. The second-order valence-electron chi connectivity index (χ2n) is 4.20. The molecule has 0 fully saturated rings. The normalized spacial score (nSPS) is 12.3. The van der Waals surface area contributed by atoms with Crippen LogP contribution in [0.15, 0.2) is 0 Å². The third kappa shape index (κ3) is 7.74. The van der Waals surface area contributed by atoms with Gasteiger partial charge in [-0.05, 0) is 20.4 Å². The quantitative estimate of drug-likeness (QED) is 0.637. The Kier molecular flexibility index (Phi) is 8.40. The first-order chi connectivity index (χ1) is 8.01. The molecule has 1 unspecified atom stereocenters. The molecule has 0 bridgehead atoms. The third-order valence-corrected chi connectivity index (χ3v) is 2.26. The Hall–Kier alpha value is -1.10. The zero-order chi connectivity index (χ0) is 13.3. The highest BCUT2D eigenvalue weighted by molar-refractivity contribution is 5.78. The number of esters is 1. The number of ether oxygens (including phenoxy) is 1. The van der Waals surface area contributed by atoms with Gasteiger partial charge in [0.2, 0.25) is 5.91 Å². The molecule has 17 heavy (non-hydrogen) atoms. The van der Waals surface area contributed by atoms with Gasteiger partial charge in [0.1, 0.15) is 0 Å². The van der Waals surface area contributed by atoms with Gasteiger partial charge in [-0.2, -0.15) is 0 Å². The van der Waals surface area contributed by atoms with Crippen molar-refractivity contribution in [1.82, 2.24) is 10.2 Å². The number of hydrogen-bond donors (Lipinski definition) is 1. The SMILES string of the molecule is CCCNC(=O)CN(C)CC(C)C(=O)OCC. The highest BCUT2D eigenvalue weighted by Crippen LogP contribution is 2.01. The van der Waals surface area contributed by atoms with Crippen LogP contribution in [0.2, 0.25) is 0 Å². The molecule has 0 rings (SSSR count). The molecule has 0 spiro atoms.